The predicted molar refractivity (Wildman–Crippen MR) is 100 cm³/mol. The first kappa shape index (κ1) is 19.5. The molecule has 1 saturated heterocycles. The van der Waals surface area contributed by atoms with Crippen LogP contribution < -0.4 is 4.90 Å². The SMILES string of the molecule is O=C(CCc1ccccc1Cl)N1CCN(c2cccc(C(F)(F)F)c2)CC1. The smallest absolute Gasteiger partial charge is 0.368 e. The van der Waals surface area contributed by atoms with Crippen LogP contribution in [0.1, 0.15) is 17.5 Å². The van der Waals surface area contributed by atoms with Gasteiger partial charge < -0.3 is 9.80 Å². The van der Waals surface area contributed by atoms with Gasteiger partial charge in [0.05, 0.1) is 5.56 Å². The zero-order valence-corrected chi connectivity index (χ0v) is 15.4. The minimum absolute atomic E-state index is 0.0404. The van der Waals surface area contributed by atoms with Crippen LogP contribution in [0.15, 0.2) is 48.5 Å². The van der Waals surface area contributed by atoms with Gasteiger partial charge in [-0.3, -0.25) is 4.79 Å². The van der Waals surface area contributed by atoms with Crippen molar-refractivity contribution in [3.8, 4) is 0 Å². The van der Waals surface area contributed by atoms with E-state index in [1.54, 1.807) is 17.0 Å². The van der Waals surface area contributed by atoms with Crippen molar-refractivity contribution >= 4 is 23.2 Å². The van der Waals surface area contributed by atoms with Crippen molar-refractivity contribution in [1.82, 2.24) is 4.90 Å². The molecule has 0 atom stereocenters. The maximum absolute atomic E-state index is 12.9. The van der Waals surface area contributed by atoms with E-state index < -0.39 is 11.7 Å². The van der Waals surface area contributed by atoms with Crippen molar-refractivity contribution in [3.05, 3.63) is 64.7 Å². The second kappa shape index (κ2) is 8.21. The van der Waals surface area contributed by atoms with Crippen LogP contribution in [-0.4, -0.2) is 37.0 Å². The van der Waals surface area contributed by atoms with Gasteiger partial charge >= 0.3 is 6.18 Å². The Balaban J connectivity index is 1.54. The van der Waals surface area contributed by atoms with Crippen LogP contribution in [0.5, 0.6) is 0 Å². The molecule has 3 rings (SSSR count). The molecule has 1 aliphatic heterocycles. The Bertz CT molecular complexity index is 802. The first-order valence-electron chi connectivity index (χ1n) is 8.78. The summed E-state index contributed by atoms with van der Waals surface area (Å²) >= 11 is 6.11. The summed E-state index contributed by atoms with van der Waals surface area (Å²) < 4.78 is 38.6. The number of piperazine rings is 1. The van der Waals surface area contributed by atoms with E-state index in [2.05, 4.69) is 0 Å². The standard InChI is InChI=1S/C20H20ClF3N2O/c21-18-7-2-1-4-15(18)8-9-19(27)26-12-10-25(11-13-26)17-6-3-5-16(14-17)20(22,23)24/h1-7,14H,8-13H2. The summed E-state index contributed by atoms with van der Waals surface area (Å²) in [5, 5.41) is 0.652. The van der Waals surface area contributed by atoms with Crippen molar-refractivity contribution in [2.24, 2.45) is 0 Å². The summed E-state index contributed by atoms with van der Waals surface area (Å²) in [6, 6.07) is 12.8. The third kappa shape index (κ3) is 4.95. The molecule has 27 heavy (non-hydrogen) atoms. The summed E-state index contributed by atoms with van der Waals surface area (Å²) in [7, 11) is 0. The lowest BCUT2D eigenvalue weighted by Crippen LogP contribution is -2.48. The molecule has 1 aliphatic rings. The Morgan fingerprint density at radius 1 is 1.00 bits per heavy atom. The number of rotatable bonds is 4. The van der Waals surface area contributed by atoms with E-state index >= 15 is 0 Å². The van der Waals surface area contributed by atoms with E-state index in [9.17, 15) is 18.0 Å². The molecule has 3 nitrogen and oxygen atoms in total. The lowest BCUT2D eigenvalue weighted by atomic mass is 10.1. The average Bonchev–Trinajstić information content (AvgIpc) is 2.67. The third-order valence-electron chi connectivity index (χ3n) is 4.74. The molecule has 2 aromatic carbocycles. The summed E-state index contributed by atoms with van der Waals surface area (Å²) in [4.78, 5) is 16.1. The van der Waals surface area contributed by atoms with Crippen LogP contribution in [-0.2, 0) is 17.4 Å². The number of anilines is 1. The van der Waals surface area contributed by atoms with Gasteiger partial charge in [-0.05, 0) is 36.2 Å². The molecular formula is C20H20ClF3N2O. The second-order valence-corrected chi connectivity index (χ2v) is 6.91. The number of hydrogen-bond acceptors (Lipinski definition) is 2. The molecule has 1 heterocycles. The van der Waals surface area contributed by atoms with Crippen LogP contribution in [0.3, 0.4) is 0 Å². The van der Waals surface area contributed by atoms with Crippen LogP contribution in [0.25, 0.3) is 0 Å². The minimum atomic E-state index is -4.35. The molecular weight excluding hydrogens is 377 g/mol. The first-order chi connectivity index (χ1) is 12.8. The highest BCUT2D eigenvalue weighted by atomic mass is 35.5. The maximum Gasteiger partial charge on any atom is 0.416 e. The van der Waals surface area contributed by atoms with Gasteiger partial charge in [0.2, 0.25) is 5.91 Å². The fourth-order valence-corrected chi connectivity index (χ4v) is 3.42. The zero-order chi connectivity index (χ0) is 19.4. The summed E-state index contributed by atoms with van der Waals surface area (Å²) in [6.07, 6.45) is -3.41. The van der Waals surface area contributed by atoms with E-state index in [1.165, 1.54) is 6.07 Å². The maximum atomic E-state index is 12.9. The second-order valence-electron chi connectivity index (χ2n) is 6.51. The molecule has 7 heteroatoms. The molecule has 0 spiro atoms. The summed E-state index contributed by atoms with van der Waals surface area (Å²) in [6.45, 7) is 2.02. The molecule has 0 saturated carbocycles. The number of halogens is 4. The van der Waals surface area contributed by atoms with Crippen molar-refractivity contribution in [3.63, 3.8) is 0 Å². The number of carbonyl (C=O) groups is 1. The van der Waals surface area contributed by atoms with Gasteiger partial charge in [-0.15, -0.1) is 0 Å². The van der Waals surface area contributed by atoms with Crippen LogP contribution >= 0.6 is 11.6 Å². The Hall–Kier alpha value is -2.21. The molecule has 144 valence electrons. The number of benzene rings is 2. The third-order valence-corrected chi connectivity index (χ3v) is 5.11. The molecule has 2 aromatic rings. The van der Waals surface area contributed by atoms with Crippen molar-refractivity contribution in [1.29, 1.82) is 0 Å². The lowest BCUT2D eigenvalue weighted by molar-refractivity contribution is -0.137. The molecule has 0 bridgehead atoms. The fraction of sp³-hybridized carbons (Fsp3) is 0.350. The lowest BCUT2D eigenvalue weighted by Gasteiger charge is -2.36. The molecule has 1 fully saturated rings. The Kier molecular flexibility index (Phi) is 5.95. The van der Waals surface area contributed by atoms with E-state index in [0.717, 1.165) is 17.7 Å². The molecule has 0 radical (unpaired) electrons. The zero-order valence-electron chi connectivity index (χ0n) is 14.7. The monoisotopic (exact) mass is 396 g/mol. The van der Waals surface area contributed by atoms with Gasteiger partial charge in [-0.1, -0.05) is 35.9 Å². The fourth-order valence-electron chi connectivity index (χ4n) is 3.19. The van der Waals surface area contributed by atoms with Crippen LogP contribution in [0.2, 0.25) is 5.02 Å². The molecule has 0 aromatic heterocycles. The van der Waals surface area contributed by atoms with Gasteiger partial charge in [-0.2, -0.15) is 13.2 Å². The number of nitrogens with zero attached hydrogens (tertiary/aromatic N) is 2. The minimum Gasteiger partial charge on any atom is -0.368 e. The summed E-state index contributed by atoms with van der Waals surface area (Å²) in [5.41, 5.74) is 0.821. The molecule has 0 N–H and O–H groups in total. The summed E-state index contributed by atoms with van der Waals surface area (Å²) in [5.74, 6) is 0.0404. The van der Waals surface area contributed by atoms with Crippen molar-refractivity contribution < 1.29 is 18.0 Å². The van der Waals surface area contributed by atoms with Crippen LogP contribution in [0.4, 0.5) is 18.9 Å². The van der Waals surface area contributed by atoms with E-state index in [-0.39, 0.29) is 5.91 Å². The largest absolute Gasteiger partial charge is 0.416 e. The van der Waals surface area contributed by atoms with Crippen molar-refractivity contribution in [2.75, 3.05) is 31.1 Å². The van der Waals surface area contributed by atoms with Gasteiger partial charge in [0.15, 0.2) is 0 Å². The molecule has 0 aliphatic carbocycles. The molecule has 1 amide bonds. The van der Waals surface area contributed by atoms with Gasteiger partial charge in [0.25, 0.3) is 0 Å². The first-order valence-corrected chi connectivity index (χ1v) is 9.16. The predicted octanol–water partition coefficient (Wildman–Crippen LogP) is 4.64. The highest BCUT2D eigenvalue weighted by Crippen LogP contribution is 2.32. The molecule has 0 unspecified atom stereocenters. The highest BCUT2D eigenvalue weighted by molar-refractivity contribution is 6.31. The number of aryl methyl sites for hydroxylation is 1. The normalized spacial score (nSPS) is 15.1. The average molecular weight is 397 g/mol. The van der Waals surface area contributed by atoms with Gasteiger partial charge in [0.1, 0.15) is 0 Å². The van der Waals surface area contributed by atoms with E-state index in [0.29, 0.717) is 49.7 Å². The number of amides is 1. The van der Waals surface area contributed by atoms with E-state index in [4.69, 9.17) is 11.6 Å². The highest BCUT2D eigenvalue weighted by Gasteiger charge is 2.31. The van der Waals surface area contributed by atoms with Crippen molar-refractivity contribution in [2.45, 2.75) is 19.0 Å². The topological polar surface area (TPSA) is 23.6 Å². The van der Waals surface area contributed by atoms with Gasteiger partial charge in [-0.25, -0.2) is 0 Å². The Morgan fingerprint density at radius 3 is 2.37 bits per heavy atom. The Labute approximate surface area is 161 Å². The quantitative estimate of drug-likeness (QED) is 0.751. The number of alkyl halides is 3. The van der Waals surface area contributed by atoms with E-state index in [1.807, 2.05) is 23.1 Å². The number of carbonyl (C=O) groups excluding carboxylic acids is 1. The Morgan fingerprint density at radius 2 is 1.70 bits per heavy atom. The van der Waals surface area contributed by atoms with Gasteiger partial charge in [0, 0.05) is 43.3 Å². The van der Waals surface area contributed by atoms with Crippen LogP contribution in [0, 0.1) is 0 Å². The number of hydrogen-bond donors (Lipinski definition) is 0.